The standard InChI is InChI=1S/C14H16N2O2/c17-14(18)11-7-4-8-16-9-12(15-13(11)16)10-5-2-1-3-6-10/h4,7-10H,1-3,5-6H2,(H,17,18). The lowest BCUT2D eigenvalue weighted by atomic mass is 9.87. The molecule has 2 aromatic rings. The van der Waals surface area contributed by atoms with Crippen LogP contribution in [-0.2, 0) is 0 Å². The minimum absolute atomic E-state index is 0.277. The van der Waals surface area contributed by atoms with E-state index < -0.39 is 5.97 Å². The number of rotatable bonds is 2. The third-order valence-corrected chi connectivity index (χ3v) is 3.76. The molecule has 0 bridgehead atoms. The summed E-state index contributed by atoms with van der Waals surface area (Å²) in [7, 11) is 0. The second kappa shape index (κ2) is 4.44. The van der Waals surface area contributed by atoms with Gasteiger partial charge < -0.3 is 9.51 Å². The summed E-state index contributed by atoms with van der Waals surface area (Å²) in [6.45, 7) is 0. The van der Waals surface area contributed by atoms with E-state index in [1.165, 1.54) is 32.1 Å². The maximum absolute atomic E-state index is 11.1. The molecule has 1 aliphatic carbocycles. The van der Waals surface area contributed by atoms with E-state index >= 15 is 0 Å². The van der Waals surface area contributed by atoms with Crippen molar-refractivity contribution in [3.8, 4) is 0 Å². The molecule has 2 heterocycles. The Bertz CT molecular complexity index is 582. The van der Waals surface area contributed by atoms with E-state index in [0.717, 1.165) is 5.69 Å². The molecule has 0 atom stereocenters. The van der Waals surface area contributed by atoms with E-state index in [0.29, 0.717) is 11.6 Å². The molecule has 18 heavy (non-hydrogen) atoms. The van der Waals surface area contributed by atoms with Crippen molar-refractivity contribution in [3.05, 3.63) is 35.8 Å². The molecule has 2 aromatic heterocycles. The third kappa shape index (κ3) is 1.88. The summed E-state index contributed by atoms with van der Waals surface area (Å²) in [6, 6.07) is 3.36. The molecule has 0 saturated heterocycles. The van der Waals surface area contributed by atoms with Gasteiger partial charge in [0.2, 0.25) is 0 Å². The lowest BCUT2D eigenvalue weighted by Gasteiger charge is -2.19. The summed E-state index contributed by atoms with van der Waals surface area (Å²) in [5, 5.41) is 9.15. The average molecular weight is 244 g/mol. The van der Waals surface area contributed by atoms with Gasteiger partial charge in [0, 0.05) is 18.3 Å². The normalized spacial score (nSPS) is 17.1. The van der Waals surface area contributed by atoms with E-state index in [9.17, 15) is 4.79 Å². The van der Waals surface area contributed by atoms with Crippen molar-refractivity contribution in [1.29, 1.82) is 0 Å². The Kier molecular flexibility index (Phi) is 2.78. The first kappa shape index (κ1) is 11.3. The van der Waals surface area contributed by atoms with Crippen LogP contribution in [0, 0.1) is 0 Å². The number of carboxylic acid groups (broad SMARTS) is 1. The molecule has 1 saturated carbocycles. The first-order chi connectivity index (χ1) is 8.75. The van der Waals surface area contributed by atoms with E-state index in [2.05, 4.69) is 4.98 Å². The van der Waals surface area contributed by atoms with Crippen LogP contribution in [0.5, 0.6) is 0 Å². The van der Waals surface area contributed by atoms with Crippen LogP contribution >= 0.6 is 0 Å². The topological polar surface area (TPSA) is 54.6 Å². The van der Waals surface area contributed by atoms with Gasteiger partial charge >= 0.3 is 5.97 Å². The van der Waals surface area contributed by atoms with Crippen molar-refractivity contribution in [3.63, 3.8) is 0 Å². The molecule has 0 spiro atoms. The molecule has 0 radical (unpaired) electrons. The largest absolute Gasteiger partial charge is 0.478 e. The minimum Gasteiger partial charge on any atom is -0.478 e. The van der Waals surface area contributed by atoms with Gasteiger partial charge in [-0.2, -0.15) is 0 Å². The predicted molar refractivity (Wildman–Crippen MR) is 68.0 cm³/mol. The van der Waals surface area contributed by atoms with Gasteiger partial charge in [0.05, 0.1) is 5.69 Å². The van der Waals surface area contributed by atoms with Gasteiger partial charge in [0.1, 0.15) is 5.56 Å². The monoisotopic (exact) mass is 244 g/mol. The molecule has 1 aliphatic rings. The summed E-state index contributed by atoms with van der Waals surface area (Å²) in [5.74, 6) is -0.415. The van der Waals surface area contributed by atoms with Gasteiger partial charge in [-0.3, -0.25) is 0 Å². The maximum Gasteiger partial charge on any atom is 0.339 e. The lowest BCUT2D eigenvalue weighted by Crippen LogP contribution is -2.04. The summed E-state index contributed by atoms with van der Waals surface area (Å²) in [4.78, 5) is 15.7. The van der Waals surface area contributed by atoms with Crippen molar-refractivity contribution in [1.82, 2.24) is 9.38 Å². The maximum atomic E-state index is 11.1. The van der Waals surface area contributed by atoms with Crippen molar-refractivity contribution < 1.29 is 9.90 Å². The number of aromatic carboxylic acids is 1. The first-order valence-corrected chi connectivity index (χ1v) is 6.46. The Morgan fingerprint density at radius 1 is 1.33 bits per heavy atom. The van der Waals surface area contributed by atoms with Gasteiger partial charge in [-0.1, -0.05) is 19.3 Å². The Morgan fingerprint density at radius 2 is 2.11 bits per heavy atom. The Morgan fingerprint density at radius 3 is 2.83 bits per heavy atom. The number of pyridine rings is 1. The van der Waals surface area contributed by atoms with Crippen LogP contribution in [0.1, 0.15) is 54.1 Å². The van der Waals surface area contributed by atoms with Crippen LogP contribution in [0.25, 0.3) is 5.65 Å². The molecule has 1 fully saturated rings. The quantitative estimate of drug-likeness (QED) is 0.883. The van der Waals surface area contributed by atoms with Crippen LogP contribution in [0.4, 0.5) is 0 Å². The average Bonchev–Trinajstić information content (AvgIpc) is 2.83. The number of aromatic nitrogens is 2. The zero-order chi connectivity index (χ0) is 12.5. The third-order valence-electron chi connectivity index (χ3n) is 3.76. The summed E-state index contributed by atoms with van der Waals surface area (Å²) in [6.07, 6.45) is 10.0. The SMILES string of the molecule is O=C(O)c1cccn2cc(C3CCCCC3)nc12. The zero-order valence-electron chi connectivity index (χ0n) is 10.2. The first-order valence-electron chi connectivity index (χ1n) is 6.46. The van der Waals surface area contributed by atoms with Crippen LogP contribution < -0.4 is 0 Å². The number of nitrogens with zero attached hydrogens (tertiary/aromatic N) is 2. The molecule has 4 nitrogen and oxygen atoms in total. The van der Waals surface area contributed by atoms with Crippen LogP contribution in [0.15, 0.2) is 24.5 Å². The van der Waals surface area contributed by atoms with Gasteiger partial charge in [0.25, 0.3) is 0 Å². The zero-order valence-corrected chi connectivity index (χ0v) is 10.2. The molecule has 3 rings (SSSR count). The molecule has 0 unspecified atom stereocenters. The van der Waals surface area contributed by atoms with Crippen molar-refractivity contribution in [2.45, 2.75) is 38.0 Å². The Labute approximate surface area is 105 Å². The van der Waals surface area contributed by atoms with Gasteiger partial charge in [-0.25, -0.2) is 9.78 Å². The highest BCUT2D eigenvalue weighted by Crippen LogP contribution is 2.32. The minimum atomic E-state index is -0.915. The molecular formula is C14H16N2O2. The summed E-state index contributed by atoms with van der Waals surface area (Å²) in [5.41, 5.74) is 1.88. The highest BCUT2D eigenvalue weighted by atomic mass is 16.4. The fraction of sp³-hybridized carbons (Fsp3) is 0.429. The number of hydrogen-bond donors (Lipinski definition) is 1. The highest BCUT2D eigenvalue weighted by molar-refractivity contribution is 5.94. The van der Waals surface area contributed by atoms with E-state index in [1.807, 2.05) is 16.8 Å². The summed E-state index contributed by atoms with van der Waals surface area (Å²) < 4.78 is 1.83. The van der Waals surface area contributed by atoms with Gasteiger partial charge in [-0.05, 0) is 25.0 Å². The fourth-order valence-electron chi connectivity index (χ4n) is 2.79. The predicted octanol–water partition coefficient (Wildman–Crippen LogP) is 3.08. The molecule has 0 amide bonds. The lowest BCUT2D eigenvalue weighted by molar-refractivity contribution is 0.0698. The van der Waals surface area contributed by atoms with Crippen LogP contribution in [0.3, 0.4) is 0 Å². The van der Waals surface area contributed by atoms with Crippen LogP contribution in [0.2, 0.25) is 0 Å². The number of fused-ring (bicyclic) bond motifs is 1. The number of hydrogen-bond acceptors (Lipinski definition) is 2. The molecule has 94 valence electrons. The van der Waals surface area contributed by atoms with E-state index in [4.69, 9.17) is 5.11 Å². The van der Waals surface area contributed by atoms with Crippen molar-refractivity contribution in [2.75, 3.05) is 0 Å². The number of carboxylic acids is 1. The fourth-order valence-corrected chi connectivity index (χ4v) is 2.79. The second-order valence-electron chi connectivity index (χ2n) is 4.96. The Hall–Kier alpha value is -1.84. The smallest absolute Gasteiger partial charge is 0.339 e. The summed E-state index contributed by atoms with van der Waals surface area (Å²) >= 11 is 0. The van der Waals surface area contributed by atoms with Gasteiger partial charge in [0.15, 0.2) is 5.65 Å². The molecule has 4 heteroatoms. The van der Waals surface area contributed by atoms with Crippen LogP contribution in [-0.4, -0.2) is 20.5 Å². The second-order valence-corrected chi connectivity index (χ2v) is 4.96. The number of carbonyl (C=O) groups is 1. The highest BCUT2D eigenvalue weighted by Gasteiger charge is 2.20. The number of imidazole rings is 1. The molecule has 0 aromatic carbocycles. The molecule has 1 N–H and O–H groups in total. The van der Waals surface area contributed by atoms with Crippen molar-refractivity contribution in [2.24, 2.45) is 0 Å². The molecule has 0 aliphatic heterocycles. The van der Waals surface area contributed by atoms with E-state index in [1.54, 1.807) is 12.1 Å². The molecular weight excluding hydrogens is 228 g/mol. The van der Waals surface area contributed by atoms with Crippen molar-refractivity contribution >= 4 is 11.6 Å². The van der Waals surface area contributed by atoms with E-state index in [-0.39, 0.29) is 5.56 Å². The van der Waals surface area contributed by atoms with Gasteiger partial charge in [-0.15, -0.1) is 0 Å². The Balaban J connectivity index is 2.04.